The molecule has 0 saturated carbocycles. The smallest absolute Gasteiger partial charge is 0.337 e. The van der Waals surface area contributed by atoms with E-state index >= 15 is 0 Å². The lowest BCUT2D eigenvalue weighted by Gasteiger charge is -2.13. The first-order chi connectivity index (χ1) is 15.3. The summed E-state index contributed by atoms with van der Waals surface area (Å²) in [4.78, 5) is 42.5. The molecular weight excluding hydrogens is 415 g/mol. The molecule has 0 aliphatic carbocycles. The van der Waals surface area contributed by atoms with E-state index in [1.165, 1.54) is 49.2 Å². The fourth-order valence-corrected chi connectivity index (χ4v) is 3.32. The second-order valence-electron chi connectivity index (χ2n) is 7.19. The van der Waals surface area contributed by atoms with Gasteiger partial charge in [0.2, 0.25) is 0 Å². The zero-order valence-corrected chi connectivity index (χ0v) is 17.5. The average Bonchev–Trinajstić information content (AvgIpc) is 2.80. The van der Waals surface area contributed by atoms with Crippen LogP contribution in [0.3, 0.4) is 0 Å². The van der Waals surface area contributed by atoms with Crippen LogP contribution in [0, 0.1) is 12.7 Å². The number of methoxy groups -OCH3 is 1. The number of benzene rings is 2. The van der Waals surface area contributed by atoms with Gasteiger partial charge in [0, 0.05) is 18.9 Å². The number of rotatable bonds is 4. The van der Waals surface area contributed by atoms with Crippen molar-refractivity contribution in [1.29, 1.82) is 0 Å². The summed E-state index contributed by atoms with van der Waals surface area (Å²) in [5.41, 5.74) is 0.382. The first-order valence-corrected chi connectivity index (χ1v) is 9.64. The summed E-state index contributed by atoms with van der Waals surface area (Å²) >= 11 is 0. The molecule has 0 aliphatic rings. The Labute approximate surface area is 181 Å². The van der Waals surface area contributed by atoms with E-state index in [2.05, 4.69) is 10.3 Å². The summed E-state index contributed by atoms with van der Waals surface area (Å²) in [6.45, 7) is 1.59. The van der Waals surface area contributed by atoms with Crippen LogP contribution in [0.1, 0.15) is 15.9 Å². The molecule has 0 aliphatic heterocycles. The summed E-state index contributed by atoms with van der Waals surface area (Å²) in [6, 6.07) is 12.3. The van der Waals surface area contributed by atoms with Crippen LogP contribution in [0.4, 0.5) is 10.1 Å². The van der Waals surface area contributed by atoms with Crippen molar-refractivity contribution in [2.24, 2.45) is 7.05 Å². The molecule has 162 valence electrons. The van der Waals surface area contributed by atoms with E-state index in [0.29, 0.717) is 22.7 Å². The molecule has 2 aromatic heterocycles. The molecule has 0 fully saturated rings. The number of nitrogens with one attached hydrogen (secondary N) is 1. The van der Waals surface area contributed by atoms with Gasteiger partial charge in [-0.1, -0.05) is 0 Å². The maximum Gasteiger partial charge on any atom is 0.337 e. The lowest BCUT2D eigenvalue weighted by molar-refractivity contribution is 0.102. The lowest BCUT2D eigenvalue weighted by atomic mass is 10.2. The van der Waals surface area contributed by atoms with Crippen molar-refractivity contribution in [3.63, 3.8) is 0 Å². The third-order valence-corrected chi connectivity index (χ3v) is 5.10. The van der Waals surface area contributed by atoms with Gasteiger partial charge in [-0.3, -0.25) is 14.2 Å². The summed E-state index contributed by atoms with van der Waals surface area (Å²) < 4.78 is 20.9. The summed E-state index contributed by atoms with van der Waals surface area (Å²) in [5, 5.41) is 2.76. The Morgan fingerprint density at radius 2 is 1.81 bits per heavy atom. The average molecular weight is 434 g/mol. The minimum absolute atomic E-state index is 0.103. The molecule has 1 N–H and O–H groups in total. The second kappa shape index (κ2) is 8.10. The predicted octanol–water partition coefficient (Wildman–Crippen LogP) is 2.79. The molecule has 0 atom stereocenters. The Morgan fingerprint density at radius 3 is 2.47 bits per heavy atom. The first kappa shape index (κ1) is 21.0. The van der Waals surface area contributed by atoms with Gasteiger partial charge >= 0.3 is 5.69 Å². The molecule has 9 heteroatoms. The third-order valence-electron chi connectivity index (χ3n) is 5.10. The highest BCUT2D eigenvalue weighted by Crippen LogP contribution is 2.18. The standard InChI is InChI=1S/C23H19FN4O4/c1-13-10-15(4-9-19(13)24)26-21(29)14-11-18-20(25-12-14)28(23(31)27(2)22(18)30)16-5-7-17(32-3)8-6-16/h4-12H,1-3H3,(H,26,29). The molecule has 0 spiro atoms. The lowest BCUT2D eigenvalue weighted by Crippen LogP contribution is -2.38. The summed E-state index contributed by atoms with van der Waals surface area (Å²) in [7, 11) is 2.89. The number of pyridine rings is 1. The number of hydrogen-bond acceptors (Lipinski definition) is 5. The van der Waals surface area contributed by atoms with E-state index in [1.807, 2.05) is 0 Å². The number of amides is 1. The first-order valence-electron chi connectivity index (χ1n) is 9.64. The van der Waals surface area contributed by atoms with Gasteiger partial charge in [0.1, 0.15) is 11.6 Å². The maximum atomic E-state index is 13.5. The van der Waals surface area contributed by atoms with E-state index in [4.69, 9.17) is 4.74 Å². The van der Waals surface area contributed by atoms with Crippen LogP contribution in [0.15, 0.2) is 64.3 Å². The van der Waals surface area contributed by atoms with E-state index in [9.17, 15) is 18.8 Å². The van der Waals surface area contributed by atoms with Crippen LogP contribution in [-0.2, 0) is 7.05 Å². The van der Waals surface area contributed by atoms with E-state index in [-0.39, 0.29) is 22.4 Å². The normalized spacial score (nSPS) is 10.9. The maximum absolute atomic E-state index is 13.5. The van der Waals surface area contributed by atoms with Crippen LogP contribution in [-0.4, -0.2) is 27.1 Å². The molecule has 4 aromatic rings. The zero-order chi connectivity index (χ0) is 23.0. The van der Waals surface area contributed by atoms with E-state index in [1.54, 1.807) is 31.2 Å². The Hall–Kier alpha value is -4.27. The molecule has 32 heavy (non-hydrogen) atoms. The van der Waals surface area contributed by atoms with Gasteiger partial charge in [-0.2, -0.15) is 0 Å². The minimum Gasteiger partial charge on any atom is -0.497 e. The van der Waals surface area contributed by atoms with Gasteiger partial charge in [-0.05, 0) is 61.0 Å². The van der Waals surface area contributed by atoms with Gasteiger partial charge < -0.3 is 10.1 Å². The molecule has 4 rings (SSSR count). The number of hydrogen-bond donors (Lipinski definition) is 1. The number of carbonyl (C=O) groups excluding carboxylic acids is 1. The van der Waals surface area contributed by atoms with Crippen molar-refractivity contribution in [3.05, 3.63) is 92.5 Å². The molecule has 0 saturated heterocycles. The largest absolute Gasteiger partial charge is 0.497 e. The van der Waals surface area contributed by atoms with Crippen LogP contribution in [0.2, 0.25) is 0 Å². The van der Waals surface area contributed by atoms with E-state index < -0.39 is 17.2 Å². The van der Waals surface area contributed by atoms with Crippen molar-refractivity contribution >= 4 is 22.6 Å². The number of aryl methyl sites for hydroxylation is 1. The van der Waals surface area contributed by atoms with Gasteiger partial charge in [0.05, 0.1) is 23.7 Å². The third kappa shape index (κ3) is 3.64. The van der Waals surface area contributed by atoms with Crippen LogP contribution < -0.4 is 21.3 Å². The Kier molecular flexibility index (Phi) is 5.31. The van der Waals surface area contributed by atoms with Gasteiger partial charge in [0.15, 0.2) is 5.65 Å². The number of nitrogens with zero attached hydrogens (tertiary/aromatic N) is 3. The van der Waals surface area contributed by atoms with E-state index in [0.717, 1.165) is 4.57 Å². The molecule has 2 aromatic carbocycles. The number of anilines is 1. The summed E-state index contributed by atoms with van der Waals surface area (Å²) in [5.74, 6) is -0.288. The number of carbonyl (C=O) groups is 1. The fraction of sp³-hybridized carbons (Fsp3) is 0.130. The predicted molar refractivity (Wildman–Crippen MR) is 118 cm³/mol. The van der Waals surface area contributed by atoms with Gasteiger partial charge in [-0.25, -0.2) is 18.7 Å². The molecule has 1 amide bonds. The van der Waals surface area contributed by atoms with Gasteiger partial charge in [-0.15, -0.1) is 0 Å². The van der Waals surface area contributed by atoms with Crippen molar-refractivity contribution in [2.75, 3.05) is 12.4 Å². The second-order valence-corrected chi connectivity index (χ2v) is 7.19. The molecule has 0 radical (unpaired) electrons. The fourth-order valence-electron chi connectivity index (χ4n) is 3.32. The highest BCUT2D eigenvalue weighted by Gasteiger charge is 2.17. The van der Waals surface area contributed by atoms with Crippen molar-refractivity contribution in [2.45, 2.75) is 6.92 Å². The molecule has 8 nitrogen and oxygen atoms in total. The Morgan fingerprint density at radius 1 is 1.09 bits per heavy atom. The summed E-state index contributed by atoms with van der Waals surface area (Å²) in [6.07, 6.45) is 1.28. The van der Waals surface area contributed by atoms with Crippen molar-refractivity contribution < 1.29 is 13.9 Å². The molecule has 0 unspecified atom stereocenters. The van der Waals surface area contributed by atoms with Crippen LogP contribution in [0.5, 0.6) is 5.75 Å². The minimum atomic E-state index is -0.575. The Bertz CT molecular complexity index is 1470. The van der Waals surface area contributed by atoms with Crippen LogP contribution >= 0.6 is 0 Å². The Balaban J connectivity index is 1.81. The SMILES string of the molecule is COc1ccc(-n2c(=O)n(C)c(=O)c3cc(C(=O)Nc4ccc(F)c(C)c4)cnc32)cc1. The van der Waals surface area contributed by atoms with Gasteiger partial charge in [0.25, 0.3) is 11.5 Å². The number of halogens is 1. The number of ether oxygens (including phenoxy) is 1. The topological polar surface area (TPSA) is 95.2 Å². The molecule has 0 bridgehead atoms. The highest BCUT2D eigenvalue weighted by atomic mass is 19.1. The van der Waals surface area contributed by atoms with Crippen LogP contribution in [0.25, 0.3) is 16.7 Å². The van der Waals surface area contributed by atoms with Crippen molar-refractivity contribution in [3.8, 4) is 11.4 Å². The van der Waals surface area contributed by atoms with Crippen molar-refractivity contribution in [1.82, 2.24) is 14.1 Å². The highest BCUT2D eigenvalue weighted by molar-refractivity contribution is 6.05. The molecular formula is C23H19FN4O4. The number of aromatic nitrogens is 3. The molecule has 2 heterocycles. The number of fused-ring (bicyclic) bond motifs is 1. The zero-order valence-electron chi connectivity index (χ0n) is 17.5. The monoisotopic (exact) mass is 434 g/mol. The quantitative estimate of drug-likeness (QED) is 0.533.